The topological polar surface area (TPSA) is 73.9 Å². The molecule has 1 saturated heterocycles. The van der Waals surface area contributed by atoms with E-state index in [0.717, 1.165) is 0 Å². The molecule has 6 nitrogen and oxygen atoms in total. The molecule has 0 aromatic heterocycles. The average molecular weight is 366 g/mol. The fourth-order valence-corrected chi connectivity index (χ4v) is 3.57. The van der Waals surface area contributed by atoms with Crippen molar-refractivity contribution >= 4 is 26.0 Å². The van der Waals surface area contributed by atoms with Crippen LogP contribution >= 0.6 is 15.9 Å². The van der Waals surface area contributed by atoms with Crippen LogP contribution in [0.25, 0.3) is 0 Å². The molecule has 1 heterocycles. The third kappa shape index (κ3) is 3.92. The van der Waals surface area contributed by atoms with Gasteiger partial charge >= 0.3 is 0 Å². The molecule has 0 aliphatic carbocycles. The summed E-state index contributed by atoms with van der Waals surface area (Å²) < 4.78 is 43.5. The Morgan fingerprint density at radius 3 is 2.90 bits per heavy atom. The van der Waals surface area contributed by atoms with Crippen LogP contribution in [0.15, 0.2) is 27.6 Å². The van der Waals surface area contributed by atoms with Gasteiger partial charge < -0.3 is 14.2 Å². The molecule has 1 fully saturated rings. The molecule has 1 aromatic rings. The highest BCUT2D eigenvalue weighted by Gasteiger charge is 2.22. The van der Waals surface area contributed by atoms with Crippen LogP contribution < -0.4 is 9.46 Å². The fourth-order valence-electron chi connectivity index (χ4n) is 1.80. The van der Waals surface area contributed by atoms with E-state index in [1.165, 1.54) is 13.2 Å². The highest BCUT2D eigenvalue weighted by atomic mass is 79.9. The molecule has 1 aliphatic rings. The molecule has 1 aromatic carbocycles. The van der Waals surface area contributed by atoms with Crippen LogP contribution in [0.5, 0.6) is 5.75 Å². The van der Waals surface area contributed by atoms with Crippen molar-refractivity contribution in [3.63, 3.8) is 0 Å². The van der Waals surface area contributed by atoms with E-state index in [9.17, 15) is 8.42 Å². The predicted molar refractivity (Wildman–Crippen MR) is 76.4 cm³/mol. The number of rotatable bonds is 5. The highest BCUT2D eigenvalue weighted by Crippen LogP contribution is 2.27. The van der Waals surface area contributed by atoms with Crippen LogP contribution in [-0.4, -0.2) is 48.0 Å². The molecule has 1 unspecified atom stereocenters. The lowest BCUT2D eigenvalue weighted by Crippen LogP contribution is -2.39. The van der Waals surface area contributed by atoms with Crippen LogP contribution in [0.2, 0.25) is 0 Å². The molecule has 8 heteroatoms. The van der Waals surface area contributed by atoms with E-state index in [1.807, 2.05) is 0 Å². The van der Waals surface area contributed by atoms with E-state index < -0.39 is 10.0 Å². The van der Waals surface area contributed by atoms with E-state index in [4.69, 9.17) is 14.2 Å². The Morgan fingerprint density at radius 2 is 2.25 bits per heavy atom. The first-order chi connectivity index (χ1) is 9.53. The molecule has 0 radical (unpaired) electrons. The van der Waals surface area contributed by atoms with E-state index >= 15 is 0 Å². The minimum Gasteiger partial charge on any atom is -0.495 e. The standard InChI is InChI=1S/C12H16BrNO5S/c1-17-11-3-2-9(13)6-12(11)20(15,16)14-7-10-8-18-4-5-19-10/h2-3,6,10,14H,4-5,7-8H2,1H3. The third-order valence-corrected chi connectivity index (χ3v) is 4.74. The predicted octanol–water partition coefficient (Wildman–Crippen LogP) is 1.15. The second-order valence-electron chi connectivity index (χ2n) is 4.21. The summed E-state index contributed by atoms with van der Waals surface area (Å²) in [6.45, 7) is 1.57. The second-order valence-corrected chi connectivity index (χ2v) is 6.87. The van der Waals surface area contributed by atoms with Gasteiger partial charge in [0, 0.05) is 11.0 Å². The number of methoxy groups -OCH3 is 1. The van der Waals surface area contributed by atoms with Gasteiger partial charge in [-0.05, 0) is 18.2 Å². The maximum Gasteiger partial charge on any atom is 0.244 e. The molecule has 1 N–H and O–H groups in total. The van der Waals surface area contributed by atoms with Crippen LogP contribution in [0.1, 0.15) is 0 Å². The zero-order valence-corrected chi connectivity index (χ0v) is 13.4. The Labute approximate surface area is 126 Å². The molecule has 2 rings (SSSR count). The van der Waals surface area contributed by atoms with Gasteiger partial charge in [0.05, 0.1) is 33.0 Å². The van der Waals surface area contributed by atoms with Crippen molar-refractivity contribution in [3.8, 4) is 5.75 Å². The lowest BCUT2D eigenvalue weighted by molar-refractivity contribution is -0.0846. The van der Waals surface area contributed by atoms with E-state index in [1.54, 1.807) is 12.1 Å². The maximum absolute atomic E-state index is 12.3. The number of ether oxygens (including phenoxy) is 3. The zero-order valence-electron chi connectivity index (χ0n) is 11.0. The smallest absolute Gasteiger partial charge is 0.244 e. The number of hydrogen-bond acceptors (Lipinski definition) is 5. The molecule has 0 saturated carbocycles. The summed E-state index contributed by atoms with van der Waals surface area (Å²) in [6, 6.07) is 4.81. The van der Waals surface area contributed by atoms with Crippen molar-refractivity contribution in [1.82, 2.24) is 4.72 Å². The van der Waals surface area contributed by atoms with E-state index in [0.29, 0.717) is 30.0 Å². The van der Waals surface area contributed by atoms with Gasteiger partial charge in [0.1, 0.15) is 10.6 Å². The maximum atomic E-state index is 12.3. The first kappa shape index (κ1) is 15.7. The number of hydrogen-bond donors (Lipinski definition) is 1. The molecule has 1 aliphatic heterocycles. The van der Waals surface area contributed by atoms with Gasteiger partial charge in [0.2, 0.25) is 10.0 Å². The van der Waals surface area contributed by atoms with Gasteiger partial charge in [0.15, 0.2) is 0 Å². The minimum absolute atomic E-state index is 0.0890. The SMILES string of the molecule is COc1ccc(Br)cc1S(=O)(=O)NCC1COCCO1. The van der Waals surface area contributed by atoms with Gasteiger partial charge in [-0.3, -0.25) is 0 Å². The molecule has 0 bridgehead atoms. The Hall–Kier alpha value is -0.670. The van der Waals surface area contributed by atoms with Gasteiger partial charge in [0.25, 0.3) is 0 Å². The van der Waals surface area contributed by atoms with E-state index in [-0.39, 0.29) is 17.5 Å². The molecular weight excluding hydrogens is 350 g/mol. The van der Waals surface area contributed by atoms with Crippen LogP contribution in [0.3, 0.4) is 0 Å². The molecular formula is C12H16BrNO5S. The van der Waals surface area contributed by atoms with Crippen LogP contribution in [0, 0.1) is 0 Å². The molecule has 20 heavy (non-hydrogen) atoms. The molecule has 1 atom stereocenters. The van der Waals surface area contributed by atoms with Crippen molar-refractivity contribution in [3.05, 3.63) is 22.7 Å². The highest BCUT2D eigenvalue weighted by molar-refractivity contribution is 9.10. The number of halogens is 1. The summed E-state index contributed by atoms with van der Waals surface area (Å²) in [7, 11) is -2.23. The summed E-state index contributed by atoms with van der Waals surface area (Å²) in [5, 5.41) is 0. The summed E-state index contributed by atoms with van der Waals surface area (Å²) in [6.07, 6.45) is -0.267. The van der Waals surface area contributed by atoms with Crippen molar-refractivity contribution in [1.29, 1.82) is 0 Å². The number of benzene rings is 1. The van der Waals surface area contributed by atoms with E-state index in [2.05, 4.69) is 20.7 Å². The van der Waals surface area contributed by atoms with Crippen molar-refractivity contribution in [2.75, 3.05) is 33.5 Å². The van der Waals surface area contributed by atoms with Crippen molar-refractivity contribution in [2.24, 2.45) is 0 Å². The third-order valence-electron chi connectivity index (χ3n) is 2.80. The fraction of sp³-hybridized carbons (Fsp3) is 0.500. The van der Waals surface area contributed by atoms with Crippen molar-refractivity contribution < 1.29 is 22.6 Å². The van der Waals surface area contributed by atoms with Gasteiger partial charge in [-0.25, -0.2) is 13.1 Å². The number of sulfonamides is 1. The number of nitrogens with one attached hydrogen (secondary N) is 1. The summed E-state index contributed by atoms with van der Waals surface area (Å²) >= 11 is 3.25. The lowest BCUT2D eigenvalue weighted by Gasteiger charge is -2.23. The van der Waals surface area contributed by atoms with Crippen LogP contribution in [-0.2, 0) is 19.5 Å². The van der Waals surface area contributed by atoms with Crippen LogP contribution in [0.4, 0.5) is 0 Å². The Morgan fingerprint density at radius 1 is 1.45 bits per heavy atom. The molecule has 0 amide bonds. The normalized spacial score (nSPS) is 19.8. The molecule has 0 spiro atoms. The minimum atomic E-state index is -3.67. The second kappa shape index (κ2) is 6.86. The monoisotopic (exact) mass is 365 g/mol. The summed E-state index contributed by atoms with van der Waals surface area (Å²) in [5.74, 6) is 0.293. The van der Waals surface area contributed by atoms with Gasteiger partial charge in [-0.2, -0.15) is 0 Å². The quantitative estimate of drug-likeness (QED) is 0.847. The average Bonchev–Trinajstić information content (AvgIpc) is 2.46. The van der Waals surface area contributed by atoms with Crippen molar-refractivity contribution in [2.45, 2.75) is 11.0 Å². The molecule has 112 valence electrons. The summed E-state index contributed by atoms with van der Waals surface area (Å²) in [5.41, 5.74) is 0. The first-order valence-electron chi connectivity index (χ1n) is 6.05. The Kier molecular flexibility index (Phi) is 5.39. The first-order valence-corrected chi connectivity index (χ1v) is 8.33. The van der Waals surface area contributed by atoms with Gasteiger partial charge in [-0.15, -0.1) is 0 Å². The lowest BCUT2D eigenvalue weighted by atomic mass is 10.3. The zero-order chi connectivity index (χ0) is 14.6. The Bertz CT molecular complexity index is 557. The summed E-state index contributed by atoms with van der Waals surface area (Å²) in [4.78, 5) is 0.0890. The largest absolute Gasteiger partial charge is 0.495 e. The Balaban J connectivity index is 2.11. The van der Waals surface area contributed by atoms with Gasteiger partial charge in [-0.1, -0.05) is 15.9 Å².